The zero-order valence-corrected chi connectivity index (χ0v) is 18.5. The Balaban J connectivity index is 1.30. The topological polar surface area (TPSA) is 48.4 Å². The van der Waals surface area contributed by atoms with E-state index in [2.05, 4.69) is 54.6 Å². The molecule has 4 nitrogen and oxygen atoms in total. The van der Waals surface area contributed by atoms with Gasteiger partial charge in [0.15, 0.2) is 6.61 Å². The van der Waals surface area contributed by atoms with E-state index in [0.29, 0.717) is 12.4 Å². The maximum absolute atomic E-state index is 11.9. The number of nitrogens with zero attached hydrogens (tertiary/aromatic N) is 1. The Morgan fingerprint density at radius 2 is 1.44 bits per heavy atom. The zero-order valence-electron chi connectivity index (χ0n) is 17.7. The van der Waals surface area contributed by atoms with Gasteiger partial charge in [0, 0.05) is 4.88 Å². The van der Waals surface area contributed by atoms with Crippen LogP contribution in [0, 0.1) is 0 Å². The first-order valence-corrected chi connectivity index (χ1v) is 11.5. The first kappa shape index (κ1) is 21.8. The van der Waals surface area contributed by atoms with Crippen LogP contribution in [0.15, 0.2) is 97.1 Å². The molecule has 0 spiro atoms. The van der Waals surface area contributed by atoms with Crippen molar-refractivity contribution in [3.63, 3.8) is 0 Å². The highest BCUT2D eigenvalue weighted by molar-refractivity contribution is 7.05. The third-order valence-electron chi connectivity index (χ3n) is 5.07. The molecule has 0 fully saturated rings. The van der Waals surface area contributed by atoms with Crippen LogP contribution in [-0.2, 0) is 16.0 Å². The molecule has 0 atom stereocenters. The van der Waals surface area contributed by atoms with Gasteiger partial charge in [0.2, 0.25) is 0 Å². The minimum atomic E-state index is -0.355. The van der Waals surface area contributed by atoms with Gasteiger partial charge in [0.1, 0.15) is 5.75 Å². The Labute approximate surface area is 192 Å². The molecule has 4 aromatic rings. The van der Waals surface area contributed by atoms with Crippen molar-refractivity contribution in [1.29, 1.82) is 0 Å². The van der Waals surface area contributed by atoms with Gasteiger partial charge in [-0.1, -0.05) is 78.9 Å². The molecule has 0 aliphatic heterocycles. The van der Waals surface area contributed by atoms with Crippen LogP contribution in [-0.4, -0.2) is 23.6 Å². The summed E-state index contributed by atoms with van der Waals surface area (Å²) in [5.41, 5.74) is 3.50. The molecule has 0 amide bonds. The van der Waals surface area contributed by atoms with Crippen molar-refractivity contribution in [2.45, 2.75) is 18.8 Å². The molecule has 4 rings (SSSR count). The standard InChI is InChI=1S/C27H25NO3S/c29-26(20-31-23-15-8-3-9-16-23)30-18-10-17-24-19-25(28-32-24)27(21-11-4-1-5-12-21)22-13-6-2-7-14-22/h1-9,11-16,19,27H,10,17-18,20H2. The third-order valence-corrected chi connectivity index (χ3v) is 5.93. The van der Waals surface area contributed by atoms with Crippen molar-refractivity contribution in [3.05, 3.63) is 119 Å². The molecule has 0 bridgehead atoms. The number of ether oxygens (including phenoxy) is 2. The lowest BCUT2D eigenvalue weighted by atomic mass is 9.88. The first-order chi connectivity index (χ1) is 15.8. The summed E-state index contributed by atoms with van der Waals surface area (Å²) in [4.78, 5) is 13.1. The number of carbonyl (C=O) groups is 1. The SMILES string of the molecule is O=C(COc1ccccc1)OCCCc1cc(C(c2ccccc2)c2ccccc2)ns1. The van der Waals surface area contributed by atoms with E-state index in [1.807, 2.05) is 42.5 Å². The second kappa shape index (κ2) is 11.3. The van der Waals surface area contributed by atoms with Crippen molar-refractivity contribution in [2.24, 2.45) is 0 Å². The van der Waals surface area contributed by atoms with E-state index in [1.165, 1.54) is 27.5 Å². The predicted molar refractivity (Wildman–Crippen MR) is 127 cm³/mol. The normalized spacial score (nSPS) is 10.8. The van der Waals surface area contributed by atoms with E-state index >= 15 is 0 Å². The van der Waals surface area contributed by atoms with Crippen LogP contribution in [0.1, 0.15) is 34.0 Å². The van der Waals surface area contributed by atoms with E-state index in [4.69, 9.17) is 13.8 Å². The quantitative estimate of drug-likeness (QED) is 0.227. The summed E-state index contributed by atoms with van der Waals surface area (Å²) in [5, 5.41) is 0. The van der Waals surface area contributed by atoms with Crippen molar-refractivity contribution in [2.75, 3.05) is 13.2 Å². The molecule has 0 radical (unpaired) electrons. The first-order valence-electron chi connectivity index (χ1n) is 10.7. The molecule has 0 aliphatic carbocycles. The number of benzene rings is 3. The molecular weight excluding hydrogens is 418 g/mol. The number of aryl methyl sites for hydroxylation is 1. The molecule has 0 saturated heterocycles. The van der Waals surface area contributed by atoms with E-state index < -0.39 is 0 Å². The summed E-state index contributed by atoms with van der Waals surface area (Å²) >= 11 is 1.52. The van der Waals surface area contributed by atoms with Crippen molar-refractivity contribution in [1.82, 2.24) is 4.37 Å². The van der Waals surface area contributed by atoms with E-state index in [1.54, 1.807) is 0 Å². The lowest BCUT2D eigenvalue weighted by Gasteiger charge is -2.15. The van der Waals surface area contributed by atoms with Gasteiger partial charge in [-0.25, -0.2) is 4.79 Å². The molecule has 0 N–H and O–H groups in total. The zero-order chi connectivity index (χ0) is 22.0. The minimum Gasteiger partial charge on any atom is -0.482 e. The van der Waals surface area contributed by atoms with Crippen molar-refractivity contribution in [3.8, 4) is 5.75 Å². The lowest BCUT2D eigenvalue weighted by molar-refractivity contribution is -0.146. The second-order valence-corrected chi connectivity index (χ2v) is 8.29. The van der Waals surface area contributed by atoms with Gasteiger partial charge in [-0.2, -0.15) is 4.37 Å². The van der Waals surface area contributed by atoms with Crippen LogP contribution in [0.4, 0.5) is 0 Å². The number of hydrogen-bond acceptors (Lipinski definition) is 5. The largest absolute Gasteiger partial charge is 0.482 e. The molecule has 0 saturated carbocycles. The van der Waals surface area contributed by atoms with Crippen LogP contribution >= 0.6 is 11.5 Å². The number of para-hydroxylation sites is 1. The van der Waals surface area contributed by atoms with E-state index in [-0.39, 0.29) is 18.5 Å². The fourth-order valence-electron chi connectivity index (χ4n) is 3.54. The molecule has 162 valence electrons. The summed E-state index contributed by atoms with van der Waals surface area (Å²) in [6.07, 6.45) is 1.57. The summed E-state index contributed by atoms with van der Waals surface area (Å²) in [7, 11) is 0. The van der Waals surface area contributed by atoms with Gasteiger partial charge >= 0.3 is 5.97 Å². The molecular formula is C27H25NO3S. The van der Waals surface area contributed by atoms with Crippen LogP contribution in [0.5, 0.6) is 5.75 Å². The van der Waals surface area contributed by atoms with Gasteiger partial charge in [-0.3, -0.25) is 0 Å². The molecule has 5 heteroatoms. The summed E-state index contributed by atoms with van der Waals surface area (Å²) in [6, 6.07) is 32.3. The lowest BCUT2D eigenvalue weighted by Crippen LogP contribution is -2.15. The Morgan fingerprint density at radius 1 is 0.844 bits per heavy atom. The highest BCUT2D eigenvalue weighted by Crippen LogP contribution is 2.32. The Bertz CT molecular complexity index is 1060. The average Bonchev–Trinajstić information content (AvgIpc) is 3.31. The molecule has 1 aromatic heterocycles. The predicted octanol–water partition coefficient (Wildman–Crippen LogP) is 5.88. The highest BCUT2D eigenvalue weighted by Gasteiger charge is 2.19. The summed E-state index contributed by atoms with van der Waals surface area (Å²) in [6.45, 7) is 0.287. The van der Waals surface area contributed by atoms with Crippen LogP contribution in [0.25, 0.3) is 0 Å². The molecule has 3 aromatic carbocycles. The van der Waals surface area contributed by atoms with Gasteiger partial charge in [-0.15, -0.1) is 0 Å². The average molecular weight is 444 g/mol. The maximum atomic E-state index is 11.9. The monoisotopic (exact) mass is 443 g/mol. The van der Waals surface area contributed by atoms with E-state index in [9.17, 15) is 4.79 Å². The number of carbonyl (C=O) groups excluding carboxylic acids is 1. The van der Waals surface area contributed by atoms with Crippen molar-refractivity contribution >= 4 is 17.5 Å². The Hall–Kier alpha value is -3.44. The van der Waals surface area contributed by atoms with Crippen LogP contribution < -0.4 is 4.74 Å². The van der Waals surface area contributed by atoms with Crippen molar-refractivity contribution < 1.29 is 14.3 Å². The number of esters is 1. The van der Waals surface area contributed by atoms with E-state index in [0.717, 1.165) is 18.5 Å². The molecule has 32 heavy (non-hydrogen) atoms. The van der Waals surface area contributed by atoms with Crippen LogP contribution in [0.2, 0.25) is 0 Å². The number of hydrogen-bond donors (Lipinski definition) is 0. The Kier molecular flexibility index (Phi) is 7.66. The summed E-state index contributed by atoms with van der Waals surface area (Å²) < 4.78 is 15.5. The highest BCUT2D eigenvalue weighted by atomic mass is 32.1. The summed E-state index contributed by atoms with van der Waals surface area (Å²) in [5.74, 6) is 0.412. The van der Waals surface area contributed by atoms with Gasteiger partial charge in [0.05, 0.1) is 18.2 Å². The maximum Gasteiger partial charge on any atom is 0.344 e. The minimum absolute atomic E-state index is 0.0788. The fraction of sp³-hybridized carbons (Fsp3) is 0.185. The van der Waals surface area contributed by atoms with Gasteiger partial charge < -0.3 is 9.47 Å². The number of rotatable bonds is 10. The van der Waals surface area contributed by atoms with Gasteiger partial charge in [-0.05, 0) is 53.7 Å². The Morgan fingerprint density at radius 3 is 2.06 bits per heavy atom. The van der Waals surface area contributed by atoms with Gasteiger partial charge in [0.25, 0.3) is 0 Å². The molecule has 1 heterocycles. The number of aromatic nitrogens is 1. The molecule has 0 aliphatic rings. The van der Waals surface area contributed by atoms with Crippen LogP contribution in [0.3, 0.4) is 0 Å². The molecule has 0 unspecified atom stereocenters. The second-order valence-electron chi connectivity index (χ2n) is 7.40. The third kappa shape index (κ3) is 6.05. The smallest absolute Gasteiger partial charge is 0.344 e. The fourth-order valence-corrected chi connectivity index (χ4v) is 4.33.